The third-order valence-electron chi connectivity index (χ3n) is 5.12. The lowest BCUT2D eigenvalue weighted by molar-refractivity contribution is -0.140. The number of halogens is 1. The van der Waals surface area contributed by atoms with Crippen molar-refractivity contribution in [2.45, 2.75) is 52.7 Å². The molecule has 33 heavy (non-hydrogen) atoms. The van der Waals surface area contributed by atoms with Crippen LogP contribution in [0.5, 0.6) is 0 Å². The summed E-state index contributed by atoms with van der Waals surface area (Å²) in [5, 5.41) is 2.87. The second-order valence-electron chi connectivity index (χ2n) is 8.30. The number of hydrogen-bond acceptors (Lipinski definition) is 4. The van der Waals surface area contributed by atoms with Gasteiger partial charge in [-0.15, -0.1) is 0 Å². The monoisotopic (exact) mass is 537 g/mol. The molecule has 0 spiro atoms. The highest BCUT2D eigenvalue weighted by molar-refractivity contribution is 9.10. The molecule has 0 aliphatic carbocycles. The lowest BCUT2D eigenvalue weighted by Crippen LogP contribution is -2.53. The highest BCUT2D eigenvalue weighted by atomic mass is 79.9. The second-order valence-corrected chi connectivity index (χ2v) is 11.1. The predicted octanol–water partition coefficient (Wildman–Crippen LogP) is 3.86. The van der Waals surface area contributed by atoms with Crippen molar-refractivity contribution in [1.29, 1.82) is 0 Å². The van der Waals surface area contributed by atoms with E-state index in [9.17, 15) is 18.0 Å². The van der Waals surface area contributed by atoms with Crippen molar-refractivity contribution in [3.63, 3.8) is 0 Å². The summed E-state index contributed by atoms with van der Waals surface area (Å²) >= 11 is 3.42. The summed E-state index contributed by atoms with van der Waals surface area (Å²) in [6.45, 7) is 7.19. The molecule has 0 aliphatic rings. The van der Waals surface area contributed by atoms with Gasteiger partial charge in [0.2, 0.25) is 21.8 Å². The Labute approximate surface area is 205 Å². The molecule has 0 saturated heterocycles. The van der Waals surface area contributed by atoms with Crippen LogP contribution in [0.3, 0.4) is 0 Å². The maximum absolute atomic E-state index is 13.6. The number of amides is 2. The minimum Gasteiger partial charge on any atom is -0.352 e. The van der Waals surface area contributed by atoms with Gasteiger partial charge in [0, 0.05) is 17.1 Å². The first-order chi connectivity index (χ1) is 15.4. The SMILES string of the molecule is CCC(C(=O)NC(C)C)N(Cc1ccccc1)C(=O)CN(c1ccc(Br)c(C)c1)S(C)(=O)=O. The maximum atomic E-state index is 13.6. The highest BCUT2D eigenvalue weighted by Crippen LogP contribution is 2.25. The molecule has 0 aromatic heterocycles. The van der Waals surface area contributed by atoms with E-state index in [1.165, 1.54) is 4.90 Å². The lowest BCUT2D eigenvalue weighted by Gasteiger charge is -2.33. The van der Waals surface area contributed by atoms with Gasteiger partial charge in [0.1, 0.15) is 12.6 Å². The average molecular weight is 539 g/mol. The average Bonchev–Trinajstić information content (AvgIpc) is 2.73. The molecule has 7 nitrogen and oxygen atoms in total. The molecular formula is C24H32BrN3O4S. The normalized spacial score (nSPS) is 12.3. The van der Waals surface area contributed by atoms with E-state index in [4.69, 9.17) is 0 Å². The van der Waals surface area contributed by atoms with Crippen molar-refractivity contribution in [2.75, 3.05) is 17.1 Å². The lowest BCUT2D eigenvalue weighted by atomic mass is 10.1. The maximum Gasteiger partial charge on any atom is 0.244 e. The summed E-state index contributed by atoms with van der Waals surface area (Å²) in [6.07, 6.45) is 1.47. The van der Waals surface area contributed by atoms with Crippen molar-refractivity contribution < 1.29 is 18.0 Å². The smallest absolute Gasteiger partial charge is 0.244 e. The first-order valence-corrected chi connectivity index (χ1v) is 13.5. The Morgan fingerprint density at radius 2 is 1.73 bits per heavy atom. The number of aryl methyl sites for hydroxylation is 1. The van der Waals surface area contributed by atoms with Gasteiger partial charge in [-0.25, -0.2) is 8.42 Å². The number of anilines is 1. The van der Waals surface area contributed by atoms with Crippen LogP contribution >= 0.6 is 15.9 Å². The summed E-state index contributed by atoms with van der Waals surface area (Å²) in [4.78, 5) is 27.9. The van der Waals surface area contributed by atoms with Crippen LogP contribution in [0.2, 0.25) is 0 Å². The summed E-state index contributed by atoms with van der Waals surface area (Å²) in [5.74, 6) is -0.710. The molecule has 0 bridgehead atoms. The Hall–Kier alpha value is -2.39. The van der Waals surface area contributed by atoms with Gasteiger partial charge in [0.05, 0.1) is 11.9 Å². The molecule has 0 saturated carbocycles. The van der Waals surface area contributed by atoms with E-state index in [0.29, 0.717) is 12.1 Å². The third-order valence-corrected chi connectivity index (χ3v) is 7.15. The van der Waals surface area contributed by atoms with Gasteiger partial charge in [-0.2, -0.15) is 0 Å². The number of rotatable bonds is 10. The number of carbonyl (C=O) groups excluding carboxylic acids is 2. The van der Waals surface area contributed by atoms with Crippen molar-refractivity contribution in [2.24, 2.45) is 0 Å². The van der Waals surface area contributed by atoms with Crippen LogP contribution in [-0.2, 0) is 26.2 Å². The fourth-order valence-electron chi connectivity index (χ4n) is 3.48. The third kappa shape index (κ3) is 7.57. The zero-order valence-electron chi connectivity index (χ0n) is 19.7. The van der Waals surface area contributed by atoms with Gasteiger partial charge >= 0.3 is 0 Å². The second kappa shape index (κ2) is 11.7. The molecule has 2 aromatic carbocycles. The van der Waals surface area contributed by atoms with E-state index in [1.807, 2.05) is 58.0 Å². The van der Waals surface area contributed by atoms with E-state index in [1.54, 1.807) is 18.2 Å². The number of hydrogen-bond donors (Lipinski definition) is 1. The van der Waals surface area contributed by atoms with Crippen LogP contribution in [0.4, 0.5) is 5.69 Å². The Bertz CT molecular complexity index is 1070. The van der Waals surface area contributed by atoms with Gasteiger partial charge in [0.25, 0.3) is 0 Å². The Morgan fingerprint density at radius 1 is 1.09 bits per heavy atom. The number of carbonyl (C=O) groups is 2. The number of benzene rings is 2. The van der Waals surface area contributed by atoms with E-state index in [0.717, 1.165) is 26.2 Å². The highest BCUT2D eigenvalue weighted by Gasteiger charge is 2.32. The number of nitrogens with zero attached hydrogens (tertiary/aromatic N) is 2. The summed E-state index contributed by atoms with van der Waals surface area (Å²) in [5.41, 5.74) is 2.09. The first-order valence-electron chi connectivity index (χ1n) is 10.8. The molecule has 180 valence electrons. The minimum atomic E-state index is -3.75. The van der Waals surface area contributed by atoms with Crippen LogP contribution in [0.1, 0.15) is 38.3 Å². The molecule has 1 N–H and O–H groups in total. The molecule has 0 radical (unpaired) electrons. The van der Waals surface area contributed by atoms with E-state index in [-0.39, 0.29) is 18.5 Å². The molecule has 1 atom stereocenters. The van der Waals surface area contributed by atoms with Gasteiger partial charge < -0.3 is 10.2 Å². The van der Waals surface area contributed by atoms with E-state index in [2.05, 4.69) is 21.2 Å². The molecule has 0 fully saturated rings. The molecule has 1 unspecified atom stereocenters. The van der Waals surface area contributed by atoms with E-state index < -0.39 is 28.5 Å². The van der Waals surface area contributed by atoms with Gasteiger partial charge in [0.15, 0.2) is 0 Å². The Kier molecular flexibility index (Phi) is 9.48. The van der Waals surface area contributed by atoms with Crippen LogP contribution in [-0.4, -0.2) is 50.0 Å². The number of nitrogens with one attached hydrogen (secondary N) is 1. The van der Waals surface area contributed by atoms with Crippen LogP contribution in [0.25, 0.3) is 0 Å². The molecule has 0 aliphatic heterocycles. The standard InChI is InChI=1S/C24H32BrN3O4S/c1-6-22(24(30)26-17(2)3)27(15-19-10-8-7-9-11-19)23(29)16-28(33(5,31)32)20-12-13-21(25)18(4)14-20/h7-14,17,22H,6,15-16H2,1-5H3,(H,26,30). The fraction of sp³-hybridized carbons (Fsp3) is 0.417. The molecule has 2 rings (SSSR count). The Morgan fingerprint density at radius 3 is 2.24 bits per heavy atom. The van der Waals surface area contributed by atoms with Crippen molar-refractivity contribution in [3.8, 4) is 0 Å². The van der Waals surface area contributed by atoms with Gasteiger partial charge in [-0.1, -0.05) is 53.2 Å². The van der Waals surface area contributed by atoms with Crippen LogP contribution in [0, 0.1) is 6.92 Å². The van der Waals surface area contributed by atoms with Crippen molar-refractivity contribution >= 4 is 43.5 Å². The van der Waals surface area contributed by atoms with Crippen LogP contribution < -0.4 is 9.62 Å². The quantitative estimate of drug-likeness (QED) is 0.498. The largest absolute Gasteiger partial charge is 0.352 e. The topological polar surface area (TPSA) is 86.8 Å². The minimum absolute atomic E-state index is 0.0847. The van der Waals surface area contributed by atoms with Gasteiger partial charge in [-0.05, 0) is 56.5 Å². The molecular weight excluding hydrogens is 506 g/mol. The fourth-order valence-corrected chi connectivity index (χ4v) is 4.57. The zero-order valence-corrected chi connectivity index (χ0v) is 22.1. The number of sulfonamides is 1. The van der Waals surface area contributed by atoms with Gasteiger partial charge in [-0.3, -0.25) is 13.9 Å². The van der Waals surface area contributed by atoms with Crippen LogP contribution in [0.15, 0.2) is 53.0 Å². The predicted molar refractivity (Wildman–Crippen MR) is 135 cm³/mol. The zero-order chi connectivity index (χ0) is 24.8. The molecule has 0 heterocycles. The summed E-state index contributed by atoms with van der Waals surface area (Å²) < 4.78 is 27.2. The molecule has 9 heteroatoms. The Balaban J connectivity index is 2.43. The summed E-state index contributed by atoms with van der Waals surface area (Å²) in [7, 11) is -3.75. The first kappa shape index (κ1) is 26.9. The molecule has 2 amide bonds. The summed E-state index contributed by atoms with van der Waals surface area (Å²) in [6, 6.07) is 13.6. The van der Waals surface area contributed by atoms with E-state index >= 15 is 0 Å². The van der Waals surface area contributed by atoms with Crippen molar-refractivity contribution in [3.05, 3.63) is 64.1 Å². The van der Waals surface area contributed by atoms with Crippen molar-refractivity contribution in [1.82, 2.24) is 10.2 Å². The molecule has 2 aromatic rings.